The SMILES string of the molecule is Cc1cc(C)c(OCCCC(C#N)c2cccc(C#N)c2)cc1C. The van der Waals surface area contributed by atoms with Gasteiger partial charge in [0.15, 0.2) is 0 Å². The highest BCUT2D eigenvalue weighted by Gasteiger charge is 2.11. The molecule has 0 saturated carbocycles. The second-order valence-electron chi connectivity index (χ2n) is 6.11. The first kappa shape index (κ1) is 17.6. The third kappa shape index (κ3) is 4.37. The Bertz CT molecular complexity index is 796. The first-order chi connectivity index (χ1) is 11.5. The summed E-state index contributed by atoms with van der Waals surface area (Å²) in [6.45, 7) is 6.81. The molecule has 0 spiro atoms. The second kappa shape index (κ2) is 8.18. The highest BCUT2D eigenvalue weighted by molar-refractivity contribution is 5.41. The van der Waals surface area contributed by atoms with E-state index < -0.39 is 0 Å². The lowest BCUT2D eigenvalue weighted by atomic mass is 9.94. The molecule has 0 aliphatic carbocycles. The van der Waals surface area contributed by atoms with Gasteiger partial charge in [-0.1, -0.05) is 18.2 Å². The number of rotatable bonds is 6. The van der Waals surface area contributed by atoms with Crippen LogP contribution in [0.1, 0.15) is 46.6 Å². The van der Waals surface area contributed by atoms with Crippen molar-refractivity contribution in [1.29, 1.82) is 10.5 Å². The van der Waals surface area contributed by atoms with Crippen LogP contribution in [0.25, 0.3) is 0 Å². The fraction of sp³-hybridized carbons (Fsp3) is 0.333. The second-order valence-corrected chi connectivity index (χ2v) is 6.11. The summed E-state index contributed by atoms with van der Waals surface area (Å²) < 4.78 is 5.89. The molecule has 0 heterocycles. The van der Waals surface area contributed by atoms with E-state index in [1.54, 1.807) is 12.1 Å². The van der Waals surface area contributed by atoms with Gasteiger partial charge in [-0.25, -0.2) is 0 Å². The minimum Gasteiger partial charge on any atom is -0.493 e. The molecule has 1 atom stereocenters. The van der Waals surface area contributed by atoms with Gasteiger partial charge >= 0.3 is 0 Å². The normalized spacial score (nSPS) is 11.4. The maximum absolute atomic E-state index is 9.40. The van der Waals surface area contributed by atoms with Crippen molar-refractivity contribution in [3.05, 3.63) is 64.2 Å². The Morgan fingerprint density at radius 1 is 1.00 bits per heavy atom. The Morgan fingerprint density at radius 3 is 2.46 bits per heavy atom. The first-order valence-corrected chi connectivity index (χ1v) is 8.15. The zero-order valence-corrected chi connectivity index (χ0v) is 14.5. The number of benzene rings is 2. The molecule has 0 aliphatic heterocycles. The fourth-order valence-electron chi connectivity index (χ4n) is 2.69. The summed E-state index contributed by atoms with van der Waals surface area (Å²) in [6.07, 6.45) is 1.51. The Balaban J connectivity index is 1.92. The minimum absolute atomic E-state index is 0.206. The molecule has 24 heavy (non-hydrogen) atoms. The van der Waals surface area contributed by atoms with Crippen LogP contribution in [-0.2, 0) is 0 Å². The molecule has 0 aliphatic rings. The lowest BCUT2D eigenvalue weighted by molar-refractivity contribution is 0.303. The molecular formula is C21H22N2O. The Labute approximate surface area is 144 Å². The van der Waals surface area contributed by atoms with Crippen LogP contribution < -0.4 is 4.74 Å². The van der Waals surface area contributed by atoms with Crippen LogP contribution in [-0.4, -0.2) is 6.61 Å². The van der Waals surface area contributed by atoms with Gasteiger partial charge in [0.2, 0.25) is 0 Å². The monoisotopic (exact) mass is 318 g/mol. The fourth-order valence-corrected chi connectivity index (χ4v) is 2.69. The molecule has 122 valence electrons. The lowest BCUT2D eigenvalue weighted by Gasteiger charge is -2.13. The standard InChI is InChI=1S/C21H22N2O/c1-15-10-17(3)21(11-16(15)2)24-9-5-8-20(14-23)19-7-4-6-18(12-19)13-22/h4,6-7,10-12,20H,5,8-9H2,1-3H3. The van der Waals surface area contributed by atoms with Gasteiger partial charge in [0.05, 0.1) is 30.2 Å². The molecule has 0 N–H and O–H groups in total. The van der Waals surface area contributed by atoms with Crippen molar-refractivity contribution in [2.45, 2.75) is 39.5 Å². The average molecular weight is 318 g/mol. The van der Waals surface area contributed by atoms with E-state index in [1.807, 2.05) is 19.1 Å². The number of nitrogens with zero attached hydrogens (tertiary/aromatic N) is 2. The minimum atomic E-state index is -0.206. The van der Waals surface area contributed by atoms with Crippen molar-refractivity contribution in [2.75, 3.05) is 6.61 Å². The quantitative estimate of drug-likeness (QED) is 0.708. The summed E-state index contributed by atoms with van der Waals surface area (Å²) in [5.41, 5.74) is 5.12. The van der Waals surface area contributed by atoms with Gasteiger partial charge in [0, 0.05) is 0 Å². The van der Waals surface area contributed by atoms with E-state index in [2.05, 4.69) is 38.1 Å². The predicted molar refractivity (Wildman–Crippen MR) is 94.9 cm³/mol. The lowest BCUT2D eigenvalue weighted by Crippen LogP contribution is -2.03. The summed E-state index contributed by atoms with van der Waals surface area (Å²) in [4.78, 5) is 0. The van der Waals surface area contributed by atoms with Crippen molar-refractivity contribution in [3.63, 3.8) is 0 Å². The van der Waals surface area contributed by atoms with Crippen LogP contribution in [0.4, 0.5) is 0 Å². The molecule has 0 amide bonds. The largest absolute Gasteiger partial charge is 0.493 e. The molecule has 2 aromatic carbocycles. The van der Waals surface area contributed by atoms with Crippen LogP contribution in [0, 0.1) is 43.4 Å². The molecule has 0 aromatic heterocycles. The van der Waals surface area contributed by atoms with Crippen molar-refractivity contribution in [3.8, 4) is 17.9 Å². The highest BCUT2D eigenvalue weighted by atomic mass is 16.5. The van der Waals surface area contributed by atoms with Gasteiger partial charge in [-0.2, -0.15) is 10.5 Å². The van der Waals surface area contributed by atoms with Crippen molar-refractivity contribution >= 4 is 0 Å². The van der Waals surface area contributed by atoms with E-state index in [0.717, 1.165) is 29.7 Å². The van der Waals surface area contributed by atoms with Gasteiger partial charge in [0.1, 0.15) is 5.75 Å². The molecule has 2 aromatic rings. The van der Waals surface area contributed by atoms with Gasteiger partial charge in [0.25, 0.3) is 0 Å². The third-order valence-corrected chi connectivity index (χ3v) is 4.26. The zero-order chi connectivity index (χ0) is 17.5. The summed E-state index contributed by atoms with van der Waals surface area (Å²) in [5.74, 6) is 0.709. The molecular weight excluding hydrogens is 296 g/mol. The summed E-state index contributed by atoms with van der Waals surface area (Å²) >= 11 is 0. The van der Waals surface area contributed by atoms with E-state index in [9.17, 15) is 5.26 Å². The highest BCUT2D eigenvalue weighted by Crippen LogP contribution is 2.24. The van der Waals surface area contributed by atoms with Crippen LogP contribution in [0.2, 0.25) is 0 Å². The van der Waals surface area contributed by atoms with Crippen LogP contribution >= 0.6 is 0 Å². The number of hydrogen-bond donors (Lipinski definition) is 0. The zero-order valence-electron chi connectivity index (χ0n) is 14.5. The van der Waals surface area contributed by atoms with E-state index >= 15 is 0 Å². The van der Waals surface area contributed by atoms with Gasteiger partial charge in [-0.3, -0.25) is 0 Å². The molecule has 3 nitrogen and oxygen atoms in total. The Morgan fingerprint density at radius 2 is 1.75 bits per heavy atom. The Hall–Kier alpha value is -2.78. The maximum atomic E-state index is 9.40. The molecule has 0 fully saturated rings. The van der Waals surface area contributed by atoms with Gasteiger partial charge in [-0.15, -0.1) is 0 Å². The number of aryl methyl sites for hydroxylation is 3. The maximum Gasteiger partial charge on any atom is 0.122 e. The first-order valence-electron chi connectivity index (χ1n) is 8.15. The third-order valence-electron chi connectivity index (χ3n) is 4.26. The van der Waals surface area contributed by atoms with Crippen LogP contribution in [0.15, 0.2) is 36.4 Å². The van der Waals surface area contributed by atoms with E-state index in [4.69, 9.17) is 10.00 Å². The van der Waals surface area contributed by atoms with E-state index in [-0.39, 0.29) is 5.92 Å². The topological polar surface area (TPSA) is 56.8 Å². The molecule has 3 heteroatoms. The summed E-state index contributed by atoms with van der Waals surface area (Å²) in [7, 11) is 0. The molecule has 1 unspecified atom stereocenters. The van der Waals surface area contributed by atoms with Gasteiger partial charge < -0.3 is 4.74 Å². The Kier molecular flexibility index (Phi) is 5.99. The summed E-state index contributed by atoms with van der Waals surface area (Å²) in [6, 6.07) is 15.9. The van der Waals surface area contributed by atoms with Crippen LogP contribution in [0.3, 0.4) is 0 Å². The number of nitriles is 2. The molecule has 0 saturated heterocycles. The molecule has 2 rings (SSSR count). The van der Waals surface area contributed by atoms with Gasteiger partial charge in [-0.05, 0) is 74.1 Å². The smallest absolute Gasteiger partial charge is 0.122 e. The number of ether oxygens (including phenoxy) is 1. The average Bonchev–Trinajstić information content (AvgIpc) is 2.59. The van der Waals surface area contributed by atoms with E-state index in [1.165, 1.54) is 11.1 Å². The van der Waals surface area contributed by atoms with Crippen molar-refractivity contribution in [2.24, 2.45) is 0 Å². The van der Waals surface area contributed by atoms with Crippen molar-refractivity contribution in [1.82, 2.24) is 0 Å². The molecule has 0 radical (unpaired) electrons. The van der Waals surface area contributed by atoms with E-state index in [0.29, 0.717) is 12.2 Å². The van der Waals surface area contributed by atoms with Crippen LogP contribution in [0.5, 0.6) is 5.75 Å². The predicted octanol–water partition coefficient (Wildman–Crippen LogP) is 4.95. The molecule has 0 bridgehead atoms. The van der Waals surface area contributed by atoms with Crippen molar-refractivity contribution < 1.29 is 4.74 Å². The summed E-state index contributed by atoms with van der Waals surface area (Å²) in [5, 5.41) is 18.4. The number of hydrogen-bond acceptors (Lipinski definition) is 3.